The zero-order valence-corrected chi connectivity index (χ0v) is 11.6. The first kappa shape index (κ1) is 16.7. The van der Waals surface area contributed by atoms with Crippen molar-refractivity contribution >= 4 is 0 Å². The lowest BCUT2D eigenvalue weighted by atomic mass is 10.1. The fraction of sp³-hybridized carbons (Fsp3) is 0.538. The smallest absolute Gasteiger partial charge is 0.413 e. The summed E-state index contributed by atoms with van der Waals surface area (Å²) in [5.74, 6) is 0.666. The highest BCUT2D eigenvalue weighted by molar-refractivity contribution is 5.37. The summed E-state index contributed by atoms with van der Waals surface area (Å²) >= 11 is 0. The lowest BCUT2D eigenvalue weighted by molar-refractivity contribution is -0.192. The Bertz CT molecular complexity index is 424. The van der Waals surface area contributed by atoms with E-state index in [1.165, 1.54) is 0 Å². The quantitative estimate of drug-likeness (QED) is 0.785. The van der Waals surface area contributed by atoms with E-state index in [4.69, 9.17) is 9.47 Å². The van der Waals surface area contributed by atoms with Crippen LogP contribution < -0.4 is 10.2 Å². The summed E-state index contributed by atoms with van der Waals surface area (Å²) in [6.07, 6.45) is -4.35. The molecule has 1 aromatic carbocycles. The molecule has 7 heteroatoms. The number of rotatable bonds is 7. The zero-order valence-electron chi connectivity index (χ0n) is 11.6. The van der Waals surface area contributed by atoms with Gasteiger partial charge in [0.2, 0.25) is 0 Å². The van der Waals surface area contributed by atoms with Gasteiger partial charge in [0.1, 0.15) is 5.75 Å². The van der Waals surface area contributed by atoms with Crippen molar-refractivity contribution in [2.45, 2.75) is 25.7 Å². The monoisotopic (exact) mass is 293 g/mol. The molecular weight excluding hydrogens is 275 g/mol. The summed E-state index contributed by atoms with van der Waals surface area (Å²) in [7, 11) is 3.10. The van der Waals surface area contributed by atoms with Crippen LogP contribution in [-0.2, 0) is 16.2 Å². The van der Waals surface area contributed by atoms with Crippen LogP contribution in [-0.4, -0.2) is 27.0 Å². The van der Waals surface area contributed by atoms with Crippen molar-refractivity contribution in [3.05, 3.63) is 29.3 Å². The molecule has 1 N–H and O–H groups in total. The zero-order chi connectivity index (χ0) is 15.2. The Morgan fingerprint density at radius 3 is 2.50 bits per heavy atom. The average Bonchev–Trinajstić information content (AvgIpc) is 2.37. The van der Waals surface area contributed by atoms with Crippen LogP contribution in [0, 0.1) is 0 Å². The summed E-state index contributed by atoms with van der Waals surface area (Å²) in [6.45, 7) is 0.723. The highest BCUT2D eigenvalue weighted by Gasteiger charge is 2.28. The van der Waals surface area contributed by atoms with E-state index in [1.807, 2.05) is 0 Å². The molecule has 0 heterocycles. The largest absolute Gasteiger partial charge is 0.496 e. The SMILES string of the molecule is COCc1cc(C(C)NOCC(F)(F)F)ccc1OC. The molecule has 1 aromatic rings. The molecule has 0 bridgehead atoms. The minimum Gasteiger partial charge on any atom is -0.496 e. The molecule has 20 heavy (non-hydrogen) atoms. The molecule has 114 valence electrons. The van der Waals surface area contributed by atoms with Gasteiger partial charge in [0, 0.05) is 12.7 Å². The van der Waals surface area contributed by atoms with Gasteiger partial charge in [-0.15, -0.1) is 0 Å². The number of hydrogen-bond donors (Lipinski definition) is 1. The maximum absolute atomic E-state index is 12.0. The topological polar surface area (TPSA) is 39.7 Å². The van der Waals surface area contributed by atoms with Crippen LogP contribution in [0.15, 0.2) is 18.2 Å². The van der Waals surface area contributed by atoms with Crippen LogP contribution >= 0.6 is 0 Å². The molecule has 0 aliphatic heterocycles. The van der Waals surface area contributed by atoms with Crippen molar-refractivity contribution in [2.75, 3.05) is 20.8 Å². The molecule has 1 rings (SSSR count). The van der Waals surface area contributed by atoms with E-state index in [-0.39, 0.29) is 6.04 Å². The predicted octanol–water partition coefficient (Wildman–Crippen LogP) is 2.99. The maximum Gasteiger partial charge on any atom is 0.413 e. The molecule has 0 amide bonds. The highest BCUT2D eigenvalue weighted by atomic mass is 19.4. The number of hydrogen-bond acceptors (Lipinski definition) is 4. The summed E-state index contributed by atoms with van der Waals surface area (Å²) in [6, 6.07) is 4.91. The number of benzene rings is 1. The van der Waals surface area contributed by atoms with Crippen molar-refractivity contribution in [2.24, 2.45) is 0 Å². The normalized spacial score (nSPS) is 13.3. The molecule has 0 spiro atoms. The standard InChI is InChI=1S/C13H18F3NO3/c1-9(17-20-8-13(14,15)16)10-4-5-12(19-3)11(6-10)7-18-2/h4-6,9,17H,7-8H2,1-3H3. The van der Waals surface area contributed by atoms with Crippen LogP contribution in [0.1, 0.15) is 24.1 Å². The van der Waals surface area contributed by atoms with E-state index < -0.39 is 12.8 Å². The Morgan fingerprint density at radius 2 is 1.95 bits per heavy atom. The van der Waals surface area contributed by atoms with Gasteiger partial charge in [0.25, 0.3) is 0 Å². The summed E-state index contributed by atoms with van der Waals surface area (Å²) in [5.41, 5.74) is 3.96. The molecule has 0 aliphatic rings. The number of ether oxygens (including phenoxy) is 2. The van der Waals surface area contributed by atoms with Crippen molar-refractivity contribution in [3.63, 3.8) is 0 Å². The Balaban J connectivity index is 2.68. The van der Waals surface area contributed by atoms with Gasteiger partial charge in [-0.25, -0.2) is 0 Å². The van der Waals surface area contributed by atoms with Crippen molar-refractivity contribution in [1.29, 1.82) is 0 Å². The minimum absolute atomic E-state index is 0.354. The molecule has 0 aliphatic carbocycles. The van der Waals surface area contributed by atoms with Crippen LogP contribution in [0.4, 0.5) is 13.2 Å². The van der Waals surface area contributed by atoms with E-state index in [9.17, 15) is 13.2 Å². The van der Waals surface area contributed by atoms with E-state index in [0.29, 0.717) is 12.4 Å². The van der Waals surface area contributed by atoms with Gasteiger partial charge in [-0.1, -0.05) is 6.07 Å². The van der Waals surface area contributed by atoms with Crippen molar-refractivity contribution in [1.82, 2.24) is 5.48 Å². The van der Waals surface area contributed by atoms with Crippen LogP contribution in [0.3, 0.4) is 0 Å². The van der Waals surface area contributed by atoms with Crippen molar-refractivity contribution < 1.29 is 27.5 Å². The van der Waals surface area contributed by atoms with E-state index in [2.05, 4.69) is 10.3 Å². The van der Waals surface area contributed by atoms with Gasteiger partial charge in [-0.3, -0.25) is 4.84 Å². The lowest BCUT2D eigenvalue weighted by Gasteiger charge is -2.17. The molecule has 0 saturated carbocycles. The third-order valence-corrected chi connectivity index (χ3v) is 2.60. The second-order valence-corrected chi connectivity index (χ2v) is 4.25. The number of alkyl halides is 3. The van der Waals surface area contributed by atoms with Crippen LogP contribution in [0.5, 0.6) is 5.75 Å². The fourth-order valence-corrected chi connectivity index (χ4v) is 1.65. The Morgan fingerprint density at radius 1 is 1.25 bits per heavy atom. The maximum atomic E-state index is 12.0. The molecule has 4 nitrogen and oxygen atoms in total. The highest BCUT2D eigenvalue weighted by Crippen LogP contribution is 2.24. The first-order valence-electron chi connectivity index (χ1n) is 5.97. The van der Waals surface area contributed by atoms with Gasteiger partial charge in [-0.2, -0.15) is 18.7 Å². The first-order valence-corrected chi connectivity index (χ1v) is 5.97. The Labute approximate surface area is 115 Å². The molecular formula is C13H18F3NO3. The predicted molar refractivity (Wildman–Crippen MR) is 67.3 cm³/mol. The Kier molecular flexibility index (Phi) is 6.25. The molecule has 0 aromatic heterocycles. The molecule has 1 atom stereocenters. The second kappa shape index (κ2) is 7.47. The summed E-state index contributed by atoms with van der Waals surface area (Å²) in [5, 5.41) is 0. The number of methoxy groups -OCH3 is 2. The average molecular weight is 293 g/mol. The molecule has 0 fully saturated rings. The number of nitrogens with one attached hydrogen (secondary N) is 1. The first-order chi connectivity index (χ1) is 9.37. The number of hydroxylamine groups is 1. The van der Waals surface area contributed by atoms with Crippen LogP contribution in [0.2, 0.25) is 0 Å². The second-order valence-electron chi connectivity index (χ2n) is 4.25. The van der Waals surface area contributed by atoms with Gasteiger partial charge < -0.3 is 9.47 Å². The van der Waals surface area contributed by atoms with Crippen molar-refractivity contribution in [3.8, 4) is 5.75 Å². The van der Waals surface area contributed by atoms with Gasteiger partial charge in [0.15, 0.2) is 6.61 Å². The van der Waals surface area contributed by atoms with Gasteiger partial charge >= 0.3 is 6.18 Å². The molecule has 0 radical (unpaired) electrons. The van der Waals surface area contributed by atoms with E-state index in [1.54, 1.807) is 39.3 Å². The van der Waals surface area contributed by atoms with Gasteiger partial charge in [-0.05, 0) is 24.6 Å². The van der Waals surface area contributed by atoms with Gasteiger partial charge in [0.05, 0.1) is 19.8 Å². The summed E-state index contributed by atoms with van der Waals surface area (Å²) < 4.78 is 46.1. The third kappa shape index (κ3) is 5.36. The molecule has 1 unspecified atom stereocenters. The van der Waals surface area contributed by atoms with Crippen LogP contribution in [0.25, 0.3) is 0 Å². The Hall–Kier alpha value is -1.31. The minimum atomic E-state index is -4.35. The van der Waals surface area contributed by atoms with E-state index >= 15 is 0 Å². The number of halogens is 3. The van der Waals surface area contributed by atoms with E-state index in [0.717, 1.165) is 11.1 Å². The fourth-order valence-electron chi connectivity index (χ4n) is 1.65. The third-order valence-electron chi connectivity index (χ3n) is 2.60. The summed E-state index contributed by atoms with van der Waals surface area (Å²) in [4.78, 5) is 4.43. The lowest BCUT2D eigenvalue weighted by Crippen LogP contribution is -2.26. The molecule has 0 saturated heterocycles.